The van der Waals surface area contributed by atoms with Gasteiger partial charge in [-0.2, -0.15) is 0 Å². The van der Waals surface area contributed by atoms with Crippen LogP contribution in [0.5, 0.6) is 0 Å². The van der Waals surface area contributed by atoms with Crippen LogP contribution >= 0.6 is 15.9 Å². The topological polar surface area (TPSA) is 32.3 Å². The van der Waals surface area contributed by atoms with Crippen molar-refractivity contribution in [3.05, 3.63) is 58.8 Å². The summed E-state index contributed by atoms with van der Waals surface area (Å²) < 4.78 is 14.2. The van der Waals surface area contributed by atoms with Gasteiger partial charge in [-0.3, -0.25) is 4.90 Å². The van der Waals surface area contributed by atoms with Gasteiger partial charge in [0, 0.05) is 11.5 Å². The van der Waals surface area contributed by atoms with Crippen molar-refractivity contribution in [3.8, 4) is 0 Å². The van der Waals surface area contributed by atoms with Gasteiger partial charge < -0.3 is 5.32 Å². The quantitative estimate of drug-likeness (QED) is 0.880. The van der Waals surface area contributed by atoms with Gasteiger partial charge in [-0.05, 0) is 40.2 Å². The average Bonchev–Trinajstić information content (AvgIpc) is 2.41. The molecule has 19 heavy (non-hydrogen) atoms. The Kier molecular flexibility index (Phi) is 4.16. The van der Waals surface area contributed by atoms with E-state index in [0.29, 0.717) is 5.69 Å². The monoisotopic (exact) mass is 322 g/mol. The fourth-order valence-electron chi connectivity index (χ4n) is 1.59. The molecule has 0 aliphatic carbocycles. The second-order valence-corrected chi connectivity index (χ2v) is 4.77. The SMILES string of the molecule is CN(C(=O)Nc1ccccc1F)c1ccccc1Br. The number of carbonyl (C=O) groups excluding carboxylic acids is 1. The van der Waals surface area contributed by atoms with Crippen molar-refractivity contribution in [2.24, 2.45) is 0 Å². The zero-order chi connectivity index (χ0) is 13.8. The standard InChI is InChI=1S/C14H12BrFN2O/c1-18(13-9-5-2-6-10(13)15)14(19)17-12-8-4-3-7-11(12)16/h2-9H,1H3,(H,17,19). The van der Waals surface area contributed by atoms with E-state index in [0.717, 1.165) is 4.47 Å². The first-order valence-electron chi connectivity index (χ1n) is 5.63. The Hall–Kier alpha value is -1.88. The number of carbonyl (C=O) groups is 1. The summed E-state index contributed by atoms with van der Waals surface area (Å²) in [6.45, 7) is 0. The van der Waals surface area contributed by atoms with Gasteiger partial charge in [0.05, 0.1) is 11.4 Å². The molecule has 0 spiro atoms. The molecule has 0 aromatic heterocycles. The molecule has 0 radical (unpaired) electrons. The van der Waals surface area contributed by atoms with Crippen molar-refractivity contribution >= 4 is 33.3 Å². The lowest BCUT2D eigenvalue weighted by atomic mass is 10.3. The van der Waals surface area contributed by atoms with E-state index in [1.807, 2.05) is 18.2 Å². The highest BCUT2D eigenvalue weighted by atomic mass is 79.9. The highest BCUT2D eigenvalue weighted by molar-refractivity contribution is 9.10. The third-order valence-corrected chi connectivity index (χ3v) is 3.30. The van der Waals surface area contributed by atoms with Gasteiger partial charge in [0.25, 0.3) is 0 Å². The minimum absolute atomic E-state index is 0.159. The summed E-state index contributed by atoms with van der Waals surface area (Å²) in [6.07, 6.45) is 0. The molecule has 0 aliphatic rings. The fraction of sp³-hybridized carbons (Fsp3) is 0.0714. The van der Waals surface area contributed by atoms with E-state index in [2.05, 4.69) is 21.2 Å². The van der Waals surface area contributed by atoms with Gasteiger partial charge in [-0.15, -0.1) is 0 Å². The molecule has 0 saturated heterocycles. The van der Waals surface area contributed by atoms with Crippen LogP contribution in [0.15, 0.2) is 53.0 Å². The third-order valence-electron chi connectivity index (χ3n) is 2.63. The molecule has 3 nitrogen and oxygen atoms in total. The first-order chi connectivity index (χ1) is 9.09. The number of hydrogen-bond donors (Lipinski definition) is 1. The minimum Gasteiger partial charge on any atom is -0.305 e. The Bertz CT molecular complexity index is 604. The van der Waals surface area contributed by atoms with E-state index in [-0.39, 0.29) is 5.69 Å². The molecule has 0 aliphatic heterocycles. The number of amides is 2. The van der Waals surface area contributed by atoms with E-state index >= 15 is 0 Å². The van der Waals surface area contributed by atoms with Crippen LogP contribution in [-0.2, 0) is 0 Å². The Morgan fingerprint density at radius 3 is 2.47 bits per heavy atom. The summed E-state index contributed by atoms with van der Waals surface area (Å²) in [4.78, 5) is 13.5. The molecule has 0 bridgehead atoms. The molecule has 0 unspecified atom stereocenters. The van der Waals surface area contributed by atoms with Gasteiger partial charge in [-0.25, -0.2) is 9.18 Å². The second kappa shape index (κ2) is 5.84. The summed E-state index contributed by atoms with van der Waals surface area (Å²) in [6, 6.07) is 13.0. The first-order valence-corrected chi connectivity index (χ1v) is 6.42. The summed E-state index contributed by atoms with van der Waals surface area (Å²) in [5.74, 6) is -0.462. The number of nitrogens with zero attached hydrogens (tertiary/aromatic N) is 1. The predicted octanol–water partition coefficient (Wildman–Crippen LogP) is 4.26. The molecular formula is C14H12BrFN2O. The number of anilines is 2. The molecule has 98 valence electrons. The Balaban J connectivity index is 2.17. The average molecular weight is 323 g/mol. The number of para-hydroxylation sites is 2. The van der Waals surface area contributed by atoms with Crippen molar-refractivity contribution in [2.45, 2.75) is 0 Å². The maximum atomic E-state index is 13.5. The Labute approximate surface area is 119 Å². The lowest BCUT2D eigenvalue weighted by Crippen LogP contribution is -2.31. The predicted molar refractivity (Wildman–Crippen MR) is 78.0 cm³/mol. The normalized spacial score (nSPS) is 10.1. The van der Waals surface area contributed by atoms with E-state index in [1.165, 1.54) is 17.0 Å². The van der Waals surface area contributed by atoms with Crippen LogP contribution in [0.3, 0.4) is 0 Å². The molecule has 0 fully saturated rings. The fourth-order valence-corrected chi connectivity index (χ4v) is 2.15. The summed E-state index contributed by atoms with van der Waals surface area (Å²) in [5.41, 5.74) is 0.864. The molecule has 2 rings (SSSR count). The molecule has 1 N–H and O–H groups in total. The van der Waals surface area contributed by atoms with Crippen LogP contribution < -0.4 is 10.2 Å². The molecule has 2 amide bonds. The number of benzene rings is 2. The van der Waals surface area contributed by atoms with Crippen molar-refractivity contribution in [3.63, 3.8) is 0 Å². The maximum absolute atomic E-state index is 13.5. The van der Waals surface area contributed by atoms with E-state index < -0.39 is 11.8 Å². The van der Waals surface area contributed by atoms with Gasteiger partial charge in [0.15, 0.2) is 0 Å². The molecule has 0 heterocycles. The molecule has 0 saturated carbocycles. The van der Waals surface area contributed by atoms with E-state index in [4.69, 9.17) is 0 Å². The van der Waals surface area contributed by atoms with Crippen LogP contribution in [0.2, 0.25) is 0 Å². The highest BCUT2D eigenvalue weighted by Crippen LogP contribution is 2.25. The van der Waals surface area contributed by atoms with Crippen molar-refractivity contribution in [1.82, 2.24) is 0 Å². The van der Waals surface area contributed by atoms with Crippen LogP contribution in [0.25, 0.3) is 0 Å². The van der Waals surface area contributed by atoms with Gasteiger partial charge in [0.2, 0.25) is 0 Å². The lowest BCUT2D eigenvalue weighted by Gasteiger charge is -2.19. The number of rotatable bonds is 2. The van der Waals surface area contributed by atoms with Crippen LogP contribution in [0, 0.1) is 5.82 Å². The van der Waals surface area contributed by atoms with Crippen molar-refractivity contribution in [2.75, 3.05) is 17.3 Å². The molecule has 2 aromatic carbocycles. The van der Waals surface area contributed by atoms with Crippen LogP contribution in [0.4, 0.5) is 20.6 Å². The van der Waals surface area contributed by atoms with Crippen LogP contribution in [0.1, 0.15) is 0 Å². The Morgan fingerprint density at radius 2 is 1.79 bits per heavy atom. The van der Waals surface area contributed by atoms with Gasteiger partial charge in [-0.1, -0.05) is 24.3 Å². The number of nitrogens with one attached hydrogen (secondary N) is 1. The largest absolute Gasteiger partial charge is 0.326 e. The third kappa shape index (κ3) is 3.12. The van der Waals surface area contributed by atoms with Crippen molar-refractivity contribution in [1.29, 1.82) is 0 Å². The summed E-state index contributed by atoms with van der Waals surface area (Å²) in [5, 5.41) is 2.53. The smallest absolute Gasteiger partial charge is 0.305 e. The minimum atomic E-state index is -0.462. The highest BCUT2D eigenvalue weighted by Gasteiger charge is 2.14. The zero-order valence-electron chi connectivity index (χ0n) is 10.2. The van der Waals surface area contributed by atoms with E-state index in [1.54, 1.807) is 25.2 Å². The van der Waals surface area contributed by atoms with E-state index in [9.17, 15) is 9.18 Å². The molecule has 2 aromatic rings. The van der Waals surface area contributed by atoms with Crippen LogP contribution in [-0.4, -0.2) is 13.1 Å². The first kappa shape index (κ1) is 13.5. The Morgan fingerprint density at radius 1 is 1.16 bits per heavy atom. The van der Waals surface area contributed by atoms with Gasteiger partial charge in [0.1, 0.15) is 5.82 Å². The van der Waals surface area contributed by atoms with Gasteiger partial charge >= 0.3 is 6.03 Å². The number of halogens is 2. The summed E-state index contributed by atoms with van der Waals surface area (Å²) in [7, 11) is 1.62. The molecule has 5 heteroatoms. The molecular weight excluding hydrogens is 311 g/mol. The molecule has 0 atom stereocenters. The zero-order valence-corrected chi connectivity index (χ0v) is 11.8. The number of hydrogen-bond acceptors (Lipinski definition) is 1. The second-order valence-electron chi connectivity index (χ2n) is 3.92. The lowest BCUT2D eigenvalue weighted by molar-refractivity contribution is 0.258. The number of urea groups is 1. The van der Waals surface area contributed by atoms with Crippen molar-refractivity contribution < 1.29 is 9.18 Å². The summed E-state index contributed by atoms with van der Waals surface area (Å²) >= 11 is 3.37. The maximum Gasteiger partial charge on any atom is 0.326 e.